The second-order valence-electron chi connectivity index (χ2n) is 6.62. The van der Waals surface area contributed by atoms with Crippen molar-refractivity contribution in [2.75, 3.05) is 13.1 Å². The third kappa shape index (κ3) is 4.20. The second-order valence-corrected chi connectivity index (χ2v) is 6.62. The minimum Gasteiger partial charge on any atom is -0.353 e. The van der Waals surface area contributed by atoms with E-state index in [1.807, 2.05) is 4.90 Å². The Kier molecular flexibility index (Phi) is 5.02. The lowest BCUT2D eigenvalue weighted by molar-refractivity contribution is -0.134. The largest absolute Gasteiger partial charge is 0.353 e. The van der Waals surface area contributed by atoms with E-state index in [0.29, 0.717) is 19.0 Å². The standard InChI is InChI=1S/C15H27N3O2/c1-10(2)9-13(16)15(20)18-7-5-12(6-8-18)17-14(19)11-3-4-11/h10-13H,3-9,16H2,1-2H3,(H,17,19)/t13-/m0/s1. The number of amides is 2. The normalized spacial score (nSPS) is 21.9. The van der Waals surface area contributed by atoms with Gasteiger partial charge in [-0.15, -0.1) is 0 Å². The molecule has 2 aliphatic rings. The highest BCUT2D eigenvalue weighted by Gasteiger charge is 2.32. The molecule has 1 aliphatic carbocycles. The number of likely N-dealkylation sites (tertiary alicyclic amines) is 1. The number of nitrogens with two attached hydrogens (primary N) is 1. The van der Waals surface area contributed by atoms with Gasteiger partial charge in [-0.3, -0.25) is 9.59 Å². The quantitative estimate of drug-likeness (QED) is 0.785. The summed E-state index contributed by atoms with van der Waals surface area (Å²) in [5, 5.41) is 3.09. The van der Waals surface area contributed by atoms with E-state index in [1.54, 1.807) is 0 Å². The molecule has 20 heavy (non-hydrogen) atoms. The van der Waals surface area contributed by atoms with Crippen LogP contribution in [-0.4, -0.2) is 41.9 Å². The summed E-state index contributed by atoms with van der Waals surface area (Å²) in [6.45, 7) is 5.57. The lowest BCUT2D eigenvalue weighted by atomic mass is 10.0. The van der Waals surface area contributed by atoms with E-state index in [2.05, 4.69) is 19.2 Å². The molecule has 1 saturated heterocycles. The molecular weight excluding hydrogens is 254 g/mol. The Morgan fingerprint density at radius 2 is 1.80 bits per heavy atom. The number of piperidine rings is 1. The molecule has 5 heteroatoms. The molecule has 2 amide bonds. The summed E-state index contributed by atoms with van der Waals surface area (Å²) in [7, 11) is 0. The zero-order valence-electron chi connectivity index (χ0n) is 12.6. The molecule has 114 valence electrons. The lowest BCUT2D eigenvalue weighted by Crippen LogP contribution is -2.51. The van der Waals surface area contributed by atoms with Gasteiger partial charge in [0.15, 0.2) is 0 Å². The van der Waals surface area contributed by atoms with E-state index >= 15 is 0 Å². The monoisotopic (exact) mass is 281 g/mol. The molecule has 0 unspecified atom stereocenters. The number of nitrogens with one attached hydrogen (secondary N) is 1. The summed E-state index contributed by atoms with van der Waals surface area (Å²) < 4.78 is 0. The predicted octanol–water partition coefficient (Wildman–Crippen LogP) is 0.877. The fourth-order valence-corrected chi connectivity index (χ4v) is 2.75. The maximum atomic E-state index is 12.2. The van der Waals surface area contributed by atoms with Gasteiger partial charge in [-0.25, -0.2) is 0 Å². The molecule has 0 aromatic heterocycles. The highest BCUT2D eigenvalue weighted by atomic mass is 16.2. The van der Waals surface area contributed by atoms with E-state index in [1.165, 1.54) is 0 Å². The number of nitrogens with zero attached hydrogens (tertiary/aromatic N) is 1. The van der Waals surface area contributed by atoms with Gasteiger partial charge in [0, 0.05) is 25.0 Å². The molecule has 2 rings (SSSR count). The summed E-state index contributed by atoms with van der Waals surface area (Å²) in [6.07, 6.45) is 4.49. The summed E-state index contributed by atoms with van der Waals surface area (Å²) in [5.74, 6) is 0.954. The summed E-state index contributed by atoms with van der Waals surface area (Å²) >= 11 is 0. The molecule has 5 nitrogen and oxygen atoms in total. The van der Waals surface area contributed by atoms with Crippen molar-refractivity contribution < 1.29 is 9.59 Å². The van der Waals surface area contributed by atoms with Crippen molar-refractivity contribution >= 4 is 11.8 Å². The van der Waals surface area contributed by atoms with Crippen molar-refractivity contribution in [1.82, 2.24) is 10.2 Å². The van der Waals surface area contributed by atoms with Crippen LogP contribution in [0.3, 0.4) is 0 Å². The minimum atomic E-state index is -0.382. The molecule has 3 N–H and O–H groups in total. The Morgan fingerprint density at radius 3 is 2.30 bits per heavy atom. The number of rotatable bonds is 5. The van der Waals surface area contributed by atoms with Crippen molar-refractivity contribution in [2.45, 2.75) is 58.0 Å². The zero-order chi connectivity index (χ0) is 14.7. The predicted molar refractivity (Wildman–Crippen MR) is 77.9 cm³/mol. The fraction of sp³-hybridized carbons (Fsp3) is 0.867. The first-order valence-electron chi connectivity index (χ1n) is 7.82. The lowest BCUT2D eigenvalue weighted by Gasteiger charge is -2.34. The average Bonchev–Trinajstić information content (AvgIpc) is 3.22. The molecule has 1 atom stereocenters. The number of carbonyl (C=O) groups excluding carboxylic acids is 2. The Labute approximate surface area is 121 Å². The van der Waals surface area contributed by atoms with E-state index < -0.39 is 0 Å². The van der Waals surface area contributed by atoms with Gasteiger partial charge in [0.1, 0.15) is 0 Å². The van der Waals surface area contributed by atoms with Crippen LogP contribution in [-0.2, 0) is 9.59 Å². The molecule has 0 spiro atoms. The maximum Gasteiger partial charge on any atom is 0.239 e. The SMILES string of the molecule is CC(C)C[C@H](N)C(=O)N1CCC(NC(=O)C2CC2)CC1. The van der Waals surface area contributed by atoms with Gasteiger partial charge in [0.25, 0.3) is 0 Å². The van der Waals surface area contributed by atoms with Gasteiger partial charge >= 0.3 is 0 Å². The van der Waals surface area contributed by atoms with Crippen LogP contribution < -0.4 is 11.1 Å². The first kappa shape index (κ1) is 15.3. The van der Waals surface area contributed by atoms with Gasteiger partial charge < -0.3 is 16.0 Å². The van der Waals surface area contributed by atoms with E-state index in [4.69, 9.17) is 5.73 Å². The highest BCUT2D eigenvalue weighted by Crippen LogP contribution is 2.29. The molecule has 0 bridgehead atoms. The Hall–Kier alpha value is -1.10. The molecule has 0 aromatic carbocycles. The van der Waals surface area contributed by atoms with Crippen molar-refractivity contribution in [2.24, 2.45) is 17.6 Å². The van der Waals surface area contributed by atoms with Gasteiger partial charge in [-0.05, 0) is 38.0 Å². The average molecular weight is 281 g/mol. The molecule has 2 fully saturated rings. The minimum absolute atomic E-state index is 0.0608. The van der Waals surface area contributed by atoms with Gasteiger partial charge in [0.05, 0.1) is 6.04 Å². The van der Waals surface area contributed by atoms with Crippen LogP contribution in [0.2, 0.25) is 0 Å². The second kappa shape index (κ2) is 6.57. The Bertz CT molecular complexity index is 358. The first-order chi connectivity index (χ1) is 9.47. The van der Waals surface area contributed by atoms with Crippen LogP contribution in [0.1, 0.15) is 46.0 Å². The molecule has 0 radical (unpaired) electrons. The molecule has 1 aliphatic heterocycles. The molecular formula is C15H27N3O2. The summed E-state index contributed by atoms with van der Waals surface area (Å²) in [4.78, 5) is 25.8. The third-order valence-corrected chi connectivity index (χ3v) is 4.14. The molecule has 0 aromatic rings. The Morgan fingerprint density at radius 1 is 1.20 bits per heavy atom. The van der Waals surface area contributed by atoms with Crippen molar-refractivity contribution in [1.29, 1.82) is 0 Å². The maximum absolute atomic E-state index is 12.2. The topological polar surface area (TPSA) is 75.4 Å². The van der Waals surface area contributed by atoms with E-state index in [0.717, 1.165) is 32.1 Å². The van der Waals surface area contributed by atoms with Crippen LogP contribution in [0.15, 0.2) is 0 Å². The summed E-state index contributed by atoms with van der Waals surface area (Å²) in [6, 6.07) is -0.152. The van der Waals surface area contributed by atoms with Crippen molar-refractivity contribution in [3.63, 3.8) is 0 Å². The highest BCUT2D eigenvalue weighted by molar-refractivity contribution is 5.82. The van der Waals surface area contributed by atoms with E-state index in [-0.39, 0.29) is 29.8 Å². The fourth-order valence-electron chi connectivity index (χ4n) is 2.75. The van der Waals surface area contributed by atoms with Crippen LogP contribution in [0, 0.1) is 11.8 Å². The van der Waals surface area contributed by atoms with Crippen LogP contribution in [0.25, 0.3) is 0 Å². The smallest absolute Gasteiger partial charge is 0.239 e. The van der Waals surface area contributed by atoms with Crippen LogP contribution in [0.5, 0.6) is 0 Å². The van der Waals surface area contributed by atoms with Gasteiger partial charge in [0.2, 0.25) is 11.8 Å². The van der Waals surface area contributed by atoms with Gasteiger partial charge in [-0.2, -0.15) is 0 Å². The number of carbonyl (C=O) groups is 2. The Balaban J connectivity index is 1.72. The molecule has 1 heterocycles. The van der Waals surface area contributed by atoms with Crippen molar-refractivity contribution in [3.8, 4) is 0 Å². The zero-order valence-corrected chi connectivity index (χ0v) is 12.6. The number of hydrogen-bond donors (Lipinski definition) is 2. The third-order valence-electron chi connectivity index (χ3n) is 4.14. The summed E-state index contributed by atoms with van der Waals surface area (Å²) in [5.41, 5.74) is 5.95. The van der Waals surface area contributed by atoms with Crippen LogP contribution in [0.4, 0.5) is 0 Å². The first-order valence-corrected chi connectivity index (χ1v) is 7.82. The number of hydrogen-bond acceptors (Lipinski definition) is 3. The molecule has 1 saturated carbocycles. The van der Waals surface area contributed by atoms with E-state index in [9.17, 15) is 9.59 Å². The van der Waals surface area contributed by atoms with Gasteiger partial charge in [-0.1, -0.05) is 13.8 Å². The van der Waals surface area contributed by atoms with Crippen LogP contribution >= 0.6 is 0 Å². The van der Waals surface area contributed by atoms with Crippen molar-refractivity contribution in [3.05, 3.63) is 0 Å².